The number of benzene rings is 5. The van der Waals surface area contributed by atoms with E-state index in [4.69, 9.17) is 0 Å². The van der Waals surface area contributed by atoms with Gasteiger partial charge in [-0.25, -0.2) is 0 Å². The van der Waals surface area contributed by atoms with Gasteiger partial charge in [-0.05, 0) is 178 Å². The number of nitrogens with zero attached hydrogens (tertiary/aromatic N) is 1. The molecular weight excluding hydrogens is 719 g/mol. The lowest BCUT2D eigenvalue weighted by Crippen LogP contribution is -2.57. The minimum atomic E-state index is 0.0539. The van der Waals surface area contributed by atoms with Gasteiger partial charge in [-0.3, -0.25) is 0 Å². The third kappa shape index (κ3) is 5.28. The second-order valence-electron chi connectivity index (χ2n) is 22.3. The van der Waals surface area contributed by atoms with Crippen molar-refractivity contribution in [2.75, 3.05) is 4.90 Å². The van der Waals surface area contributed by atoms with Gasteiger partial charge in [-0.2, -0.15) is 0 Å². The second-order valence-corrected chi connectivity index (χ2v) is 23.3. The van der Waals surface area contributed by atoms with Crippen molar-refractivity contribution in [2.24, 2.45) is 23.7 Å². The summed E-state index contributed by atoms with van der Waals surface area (Å²) in [6.45, 7) is 19.8. The van der Waals surface area contributed by atoms with E-state index in [2.05, 4.69) is 175 Å². The molecule has 0 amide bonds. The van der Waals surface area contributed by atoms with Crippen molar-refractivity contribution >= 4 is 28.8 Å². The van der Waals surface area contributed by atoms with Crippen LogP contribution in [0.25, 0.3) is 11.1 Å². The van der Waals surface area contributed by atoms with Crippen LogP contribution in [0.4, 0.5) is 17.1 Å². The molecule has 5 aromatic rings. The van der Waals surface area contributed by atoms with Gasteiger partial charge in [0.15, 0.2) is 0 Å². The first kappa shape index (κ1) is 37.3. The Morgan fingerprint density at radius 3 is 1.64 bits per heavy atom. The fraction of sp³-hybridized carbons (Fsp3) is 0.464. The molecule has 1 heterocycles. The predicted octanol–water partition coefficient (Wildman–Crippen LogP) is 15.7. The summed E-state index contributed by atoms with van der Waals surface area (Å²) in [6, 6.07) is 41.2. The van der Waals surface area contributed by atoms with Gasteiger partial charge in [0.05, 0.1) is 11.4 Å². The molecule has 4 bridgehead atoms. The van der Waals surface area contributed by atoms with E-state index in [0.29, 0.717) is 0 Å². The molecule has 0 saturated heterocycles. The number of fused-ring (bicyclic) bond motifs is 4. The Balaban J connectivity index is 1.14. The summed E-state index contributed by atoms with van der Waals surface area (Å²) < 4.78 is 0. The van der Waals surface area contributed by atoms with Crippen molar-refractivity contribution in [3.63, 3.8) is 0 Å². The average molecular weight is 782 g/mol. The Bertz CT molecular complexity index is 2430. The van der Waals surface area contributed by atoms with Gasteiger partial charge in [-0.1, -0.05) is 140 Å². The lowest BCUT2D eigenvalue weighted by molar-refractivity contribution is -0.0443. The van der Waals surface area contributed by atoms with Crippen LogP contribution in [0.5, 0.6) is 0 Å². The summed E-state index contributed by atoms with van der Waals surface area (Å²) in [4.78, 5) is 5.69. The summed E-state index contributed by atoms with van der Waals surface area (Å²) in [7, 11) is 0. The van der Waals surface area contributed by atoms with Crippen LogP contribution in [0.2, 0.25) is 0 Å². The van der Waals surface area contributed by atoms with Crippen molar-refractivity contribution in [2.45, 2.75) is 150 Å². The summed E-state index contributed by atoms with van der Waals surface area (Å²) >= 11 is 2.06. The Morgan fingerprint density at radius 2 is 0.983 bits per heavy atom. The maximum Gasteiger partial charge on any atom is 0.0604 e. The molecule has 7 aliphatic rings. The molecule has 4 saturated carbocycles. The smallest absolute Gasteiger partial charge is 0.0604 e. The molecule has 1 aliphatic heterocycles. The molecule has 1 spiro atoms. The first-order valence-electron chi connectivity index (χ1n) is 22.8. The molecule has 0 aromatic heterocycles. The third-order valence-corrected chi connectivity index (χ3v) is 18.2. The van der Waals surface area contributed by atoms with Crippen LogP contribution in [0.1, 0.15) is 147 Å². The van der Waals surface area contributed by atoms with E-state index in [9.17, 15) is 0 Å². The molecule has 2 heteroatoms. The second kappa shape index (κ2) is 12.6. The van der Waals surface area contributed by atoms with E-state index in [0.717, 1.165) is 23.7 Å². The molecule has 1 nitrogen and oxygen atoms in total. The van der Waals surface area contributed by atoms with Gasteiger partial charge in [0, 0.05) is 20.9 Å². The first-order valence-corrected chi connectivity index (χ1v) is 23.6. The molecule has 0 atom stereocenters. The van der Waals surface area contributed by atoms with E-state index < -0.39 is 0 Å². The van der Waals surface area contributed by atoms with Crippen molar-refractivity contribution < 1.29 is 0 Å². The lowest BCUT2D eigenvalue weighted by atomic mass is 9.42. The fourth-order valence-corrected chi connectivity index (χ4v) is 15.5. The molecule has 0 unspecified atom stereocenters. The topological polar surface area (TPSA) is 3.24 Å². The molecule has 0 radical (unpaired) electrons. The number of rotatable bonds is 4. The molecule has 58 heavy (non-hydrogen) atoms. The van der Waals surface area contributed by atoms with Gasteiger partial charge in [-0.15, -0.1) is 0 Å². The van der Waals surface area contributed by atoms with Gasteiger partial charge >= 0.3 is 0 Å². The van der Waals surface area contributed by atoms with Crippen molar-refractivity contribution in [3.8, 4) is 11.1 Å². The summed E-state index contributed by atoms with van der Waals surface area (Å²) in [5.74, 6) is 3.29. The van der Waals surface area contributed by atoms with Gasteiger partial charge < -0.3 is 4.90 Å². The molecule has 0 N–H and O–H groups in total. The molecule has 5 aromatic carbocycles. The summed E-state index contributed by atoms with van der Waals surface area (Å²) in [6.07, 6.45) is 11.9. The minimum absolute atomic E-state index is 0.0539. The number of hydrogen-bond donors (Lipinski definition) is 0. The van der Waals surface area contributed by atoms with Crippen LogP contribution in [0.3, 0.4) is 0 Å². The highest BCUT2D eigenvalue weighted by atomic mass is 32.2. The summed E-state index contributed by atoms with van der Waals surface area (Å²) in [5, 5.41) is 0. The summed E-state index contributed by atoms with van der Waals surface area (Å²) in [5.41, 5.74) is 16.7. The normalized spacial score (nSPS) is 28.6. The highest BCUT2D eigenvalue weighted by Gasteiger charge is 2.61. The van der Waals surface area contributed by atoms with Crippen LogP contribution in [0.15, 0.2) is 113 Å². The van der Waals surface area contributed by atoms with E-state index >= 15 is 0 Å². The minimum Gasteiger partial charge on any atom is -0.309 e. The van der Waals surface area contributed by atoms with Crippen LogP contribution in [0, 0.1) is 23.7 Å². The van der Waals surface area contributed by atoms with Crippen LogP contribution >= 0.6 is 11.8 Å². The van der Waals surface area contributed by atoms with Gasteiger partial charge in [0.25, 0.3) is 0 Å². The fourth-order valence-electron chi connectivity index (χ4n) is 14.1. The first-order chi connectivity index (χ1) is 27.7. The molecular formula is C56H63NS. The van der Waals surface area contributed by atoms with E-state index in [1.165, 1.54) is 112 Å². The highest BCUT2D eigenvalue weighted by Crippen LogP contribution is 2.70. The Labute approximate surface area is 353 Å². The molecule has 12 rings (SSSR count). The van der Waals surface area contributed by atoms with Gasteiger partial charge in [0.2, 0.25) is 0 Å². The maximum absolute atomic E-state index is 2.71. The van der Waals surface area contributed by atoms with Crippen LogP contribution in [-0.4, -0.2) is 0 Å². The molecule has 6 aliphatic carbocycles. The monoisotopic (exact) mass is 781 g/mol. The number of hydrogen-bond acceptors (Lipinski definition) is 2. The van der Waals surface area contributed by atoms with Crippen LogP contribution < -0.4 is 4.90 Å². The number of anilines is 3. The molecule has 4 fully saturated rings. The van der Waals surface area contributed by atoms with Crippen molar-refractivity contribution in [1.29, 1.82) is 0 Å². The zero-order valence-electron chi connectivity index (χ0n) is 36.3. The lowest BCUT2D eigenvalue weighted by Gasteiger charge is -2.63. The zero-order valence-corrected chi connectivity index (χ0v) is 37.2. The van der Waals surface area contributed by atoms with E-state index in [-0.39, 0.29) is 27.1 Å². The van der Waals surface area contributed by atoms with Crippen molar-refractivity contribution in [3.05, 3.63) is 137 Å². The Kier molecular flexibility index (Phi) is 8.12. The average Bonchev–Trinajstić information content (AvgIpc) is 3.20. The van der Waals surface area contributed by atoms with Gasteiger partial charge in [0.1, 0.15) is 0 Å². The SMILES string of the molecule is CC1(C)CCC(C)(C)c2c(-c3ccc(N(c4cccc5c4Sc4ccccc4C54C5CC6CC(C5)CC4C6)c4cccc5c4C(C)(C)CCC5(C)C)cc3)cccc21. The van der Waals surface area contributed by atoms with E-state index in [1.807, 2.05) is 0 Å². The third-order valence-electron chi connectivity index (χ3n) is 17.0. The zero-order chi connectivity index (χ0) is 40.0. The van der Waals surface area contributed by atoms with Crippen molar-refractivity contribution in [1.82, 2.24) is 0 Å². The van der Waals surface area contributed by atoms with Crippen LogP contribution in [-0.2, 0) is 27.1 Å². The predicted molar refractivity (Wildman–Crippen MR) is 246 cm³/mol. The van der Waals surface area contributed by atoms with E-state index in [1.54, 1.807) is 16.7 Å². The standard InChI is InChI=1S/C56H63NS/c1-52(2)26-28-54(5,6)49-41(14-11-16-43(49)52)37-22-24-40(25-23-37)57(46-19-12-17-44-50(46)55(7,8)29-27-53(44,3)4)47-20-13-18-45-51(47)58-48-21-10-9-15-42(48)56(45)38-31-35-30-36(33-38)34-39(56)32-35/h9-25,35-36,38-39H,26-34H2,1-8H3. The Hall–Kier alpha value is -3.75. The quantitative estimate of drug-likeness (QED) is 0.179. The Morgan fingerprint density at radius 1 is 0.466 bits per heavy atom. The maximum atomic E-state index is 2.71. The molecule has 298 valence electrons. The largest absolute Gasteiger partial charge is 0.309 e. The highest BCUT2D eigenvalue weighted by molar-refractivity contribution is 7.99.